The summed E-state index contributed by atoms with van der Waals surface area (Å²) in [5.41, 5.74) is 7.63. The lowest BCUT2D eigenvalue weighted by Gasteiger charge is -2.11. The summed E-state index contributed by atoms with van der Waals surface area (Å²) in [6.45, 7) is 4.93. The molecular weight excluding hydrogens is 260 g/mol. The zero-order chi connectivity index (χ0) is 15.5. The molecule has 0 aliphatic carbocycles. The number of nitroso groups, excluding NO2 is 1. The molecule has 0 aromatic heterocycles. The van der Waals surface area contributed by atoms with Crippen molar-refractivity contribution < 1.29 is 0 Å². The van der Waals surface area contributed by atoms with Gasteiger partial charge in [-0.05, 0) is 48.9 Å². The summed E-state index contributed by atoms with van der Waals surface area (Å²) in [7, 11) is 0. The van der Waals surface area contributed by atoms with Crippen LogP contribution in [-0.4, -0.2) is 6.54 Å². The van der Waals surface area contributed by atoms with Crippen molar-refractivity contribution in [1.82, 2.24) is 0 Å². The summed E-state index contributed by atoms with van der Waals surface area (Å²) in [5, 5.41) is 3.19. The summed E-state index contributed by atoms with van der Waals surface area (Å²) >= 11 is 0. The fourth-order valence-corrected chi connectivity index (χ4v) is 2.63. The van der Waals surface area contributed by atoms with E-state index in [0.717, 1.165) is 11.1 Å². The Balaban J connectivity index is 2.81. The quantitative estimate of drug-likeness (QED) is 0.611. The Morgan fingerprint density at radius 2 is 1.90 bits per heavy atom. The predicted octanol–water partition coefficient (Wildman–Crippen LogP) is 5.07. The molecule has 1 atom stereocenters. The first-order chi connectivity index (χ1) is 10.2. The first-order valence-corrected chi connectivity index (χ1v) is 8.05. The topological polar surface area (TPSA) is 55.4 Å². The summed E-state index contributed by atoms with van der Waals surface area (Å²) in [6, 6.07) is 7.73. The first-order valence-electron chi connectivity index (χ1n) is 8.05. The number of nitrogens with zero attached hydrogens (tertiary/aromatic N) is 1. The van der Waals surface area contributed by atoms with Crippen LogP contribution in [0.15, 0.2) is 35.5 Å². The van der Waals surface area contributed by atoms with E-state index in [1.165, 1.54) is 25.7 Å². The summed E-state index contributed by atoms with van der Waals surface area (Å²) in [5.74, 6) is 0.646. The molecule has 0 aliphatic rings. The van der Waals surface area contributed by atoms with Gasteiger partial charge in [0, 0.05) is 0 Å². The third kappa shape index (κ3) is 6.21. The van der Waals surface area contributed by atoms with Crippen molar-refractivity contribution in [3.63, 3.8) is 0 Å². The van der Waals surface area contributed by atoms with Gasteiger partial charge in [-0.15, -0.1) is 0 Å². The molecule has 1 aromatic carbocycles. The van der Waals surface area contributed by atoms with Crippen molar-refractivity contribution in [1.29, 1.82) is 0 Å². The maximum atomic E-state index is 10.9. The van der Waals surface area contributed by atoms with Gasteiger partial charge in [0.2, 0.25) is 0 Å². The summed E-state index contributed by atoms with van der Waals surface area (Å²) < 4.78 is 0. The highest BCUT2D eigenvalue weighted by Gasteiger charge is 2.10. The molecule has 0 spiro atoms. The highest BCUT2D eigenvalue weighted by molar-refractivity contribution is 5.51. The van der Waals surface area contributed by atoms with Crippen molar-refractivity contribution in [3.8, 4) is 0 Å². The largest absolute Gasteiger partial charge is 0.330 e. The van der Waals surface area contributed by atoms with E-state index in [0.29, 0.717) is 18.9 Å². The number of benzene rings is 1. The molecule has 0 radical (unpaired) electrons. The Kier molecular flexibility index (Phi) is 8.60. The molecule has 0 heterocycles. The number of hydrogen-bond acceptors (Lipinski definition) is 3. The molecule has 0 saturated carbocycles. The number of allylic oxidation sites excluding steroid dienone is 1. The van der Waals surface area contributed by atoms with Crippen LogP contribution in [0.2, 0.25) is 0 Å². The van der Waals surface area contributed by atoms with Gasteiger partial charge >= 0.3 is 0 Å². The van der Waals surface area contributed by atoms with Gasteiger partial charge in [-0.3, -0.25) is 0 Å². The van der Waals surface area contributed by atoms with E-state index in [9.17, 15) is 4.91 Å². The number of hydrogen-bond donors (Lipinski definition) is 1. The van der Waals surface area contributed by atoms with Gasteiger partial charge < -0.3 is 5.73 Å². The third-order valence-corrected chi connectivity index (χ3v) is 3.74. The monoisotopic (exact) mass is 288 g/mol. The standard InChI is InChI=1S/C18H28N2O/c1-3-6-15(7-4-2)10-11-16-8-5-9-17(14-16)18(20-21)12-13-19/h5,8-11,14-15,18H,3-4,6-7,12-13,19H2,1-2H3/b11-10+. The molecule has 3 nitrogen and oxygen atoms in total. The minimum absolute atomic E-state index is 0.328. The Morgan fingerprint density at radius 1 is 1.19 bits per heavy atom. The molecule has 1 rings (SSSR count). The van der Waals surface area contributed by atoms with Crippen molar-refractivity contribution in [2.24, 2.45) is 16.8 Å². The van der Waals surface area contributed by atoms with Crippen LogP contribution in [0, 0.1) is 10.8 Å². The highest BCUT2D eigenvalue weighted by Crippen LogP contribution is 2.23. The zero-order valence-electron chi connectivity index (χ0n) is 13.3. The maximum Gasteiger partial charge on any atom is 0.118 e. The second kappa shape index (κ2) is 10.3. The molecule has 3 heteroatoms. The highest BCUT2D eigenvalue weighted by atomic mass is 16.3. The number of rotatable bonds is 10. The van der Waals surface area contributed by atoms with Gasteiger partial charge in [-0.2, -0.15) is 4.91 Å². The van der Waals surface area contributed by atoms with Crippen molar-refractivity contribution in [2.75, 3.05) is 6.54 Å². The lowest BCUT2D eigenvalue weighted by molar-refractivity contribution is 0.531. The molecule has 2 N–H and O–H groups in total. The molecule has 1 unspecified atom stereocenters. The van der Waals surface area contributed by atoms with Crippen LogP contribution < -0.4 is 5.73 Å². The molecule has 0 saturated heterocycles. The molecule has 116 valence electrons. The van der Waals surface area contributed by atoms with E-state index >= 15 is 0 Å². The smallest absolute Gasteiger partial charge is 0.118 e. The zero-order valence-corrected chi connectivity index (χ0v) is 13.3. The number of nitrogens with two attached hydrogens (primary N) is 1. The molecule has 0 bridgehead atoms. The van der Waals surface area contributed by atoms with E-state index in [1.807, 2.05) is 18.2 Å². The van der Waals surface area contributed by atoms with Crippen LogP contribution in [0.3, 0.4) is 0 Å². The average Bonchev–Trinajstić information content (AvgIpc) is 2.51. The van der Waals surface area contributed by atoms with E-state index in [1.54, 1.807) is 0 Å². The lowest BCUT2D eigenvalue weighted by atomic mass is 9.96. The minimum Gasteiger partial charge on any atom is -0.330 e. The second-order valence-corrected chi connectivity index (χ2v) is 5.57. The minimum atomic E-state index is -0.328. The van der Waals surface area contributed by atoms with E-state index in [4.69, 9.17) is 5.73 Å². The van der Waals surface area contributed by atoms with Crippen LogP contribution in [0.4, 0.5) is 0 Å². The predicted molar refractivity (Wildman–Crippen MR) is 91.0 cm³/mol. The summed E-state index contributed by atoms with van der Waals surface area (Å²) in [4.78, 5) is 10.9. The SMILES string of the molecule is CCCC(/C=C/c1cccc(C(CCN)N=O)c1)CCC. The van der Waals surface area contributed by atoms with Crippen molar-refractivity contribution in [2.45, 2.75) is 52.0 Å². The van der Waals surface area contributed by atoms with Gasteiger partial charge in [0.25, 0.3) is 0 Å². The average molecular weight is 288 g/mol. The Hall–Kier alpha value is -1.48. The lowest BCUT2D eigenvalue weighted by Crippen LogP contribution is -2.05. The van der Waals surface area contributed by atoms with Crippen LogP contribution in [-0.2, 0) is 0 Å². The molecule has 0 aliphatic heterocycles. The molecule has 0 fully saturated rings. The van der Waals surface area contributed by atoms with Gasteiger partial charge in [0.15, 0.2) is 0 Å². The van der Waals surface area contributed by atoms with E-state index < -0.39 is 0 Å². The normalized spacial score (nSPS) is 13.0. The van der Waals surface area contributed by atoms with Crippen LogP contribution in [0.25, 0.3) is 6.08 Å². The summed E-state index contributed by atoms with van der Waals surface area (Å²) in [6.07, 6.45) is 9.96. The third-order valence-electron chi connectivity index (χ3n) is 3.74. The van der Waals surface area contributed by atoms with Crippen molar-refractivity contribution >= 4 is 6.08 Å². The maximum absolute atomic E-state index is 10.9. The second-order valence-electron chi connectivity index (χ2n) is 5.57. The molecular formula is C18H28N2O. The Morgan fingerprint density at radius 3 is 2.48 bits per heavy atom. The van der Waals surface area contributed by atoms with E-state index in [-0.39, 0.29) is 6.04 Å². The van der Waals surface area contributed by atoms with Crippen molar-refractivity contribution in [3.05, 3.63) is 46.4 Å². The van der Waals surface area contributed by atoms with Crippen LogP contribution in [0.5, 0.6) is 0 Å². The van der Waals surface area contributed by atoms with Gasteiger partial charge in [-0.1, -0.05) is 62.2 Å². The molecule has 1 aromatic rings. The Bertz CT molecular complexity index is 437. The fourth-order valence-electron chi connectivity index (χ4n) is 2.63. The van der Waals surface area contributed by atoms with Crippen LogP contribution in [0.1, 0.15) is 63.1 Å². The van der Waals surface area contributed by atoms with Crippen LogP contribution >= 0.6 is 0 Å². The van der Waals surface area contributed by atoms with E-state index in [2.05, 4.69) is 37.2 Å². The first kappa shape index (κ1) is 17.6. The van der Waals surface area contributed by atoms with Gasteiger partial charge in [0.05, 0.1) is 0 Å². The van der Waals surface area contributed by atoms with Gasteiger partial charge in [-0.25, -0.2) is 0 Å². The fraction of sp³-hybridized carbons (Fsp3) is 0.556. The van der Waals surface area contributed by atoms with Gasteiger partial charge in [0.1, 0.15) is 6.04 Å². The molecule has 21 heavy (non-hydrogen) atoms. The molecule has 0 amide bonds. The Labute approximate surface area is 128 Å².